The maximum absolute atomic E-state index is 12.3. The monoisotopic (exact) mass is 364 g/mol. The Morgan fingerprint density at radius 3 is 2.68 bits per heavy atom. The molecular weight excluding hydrogens is 340 g/mol. The SMILES string of the molecule is CCC(=O)N(CCCOC)c1nc(-c2cc(OC)ccc2OC)cs1. The Morgan fingerprint density at radius 1 is 1.24 bits per heavy atom. The topological polar surface area (TPSA) is 60.9 Å². The van der Waals surface area contributed by atoms with Gasteiger partial charge in [-0.1, -0.05) is 6.92 Å². The van der Waals surface area contributed by atoms with Gasteiger partial charge in [0, 0.05) is 37.6 Å². The third kappa shape index (κ3) is 4.70. The van der Waals surface area contributed by atoms with Crippen LogP contribution in [0.25, 0.3) is 11.3 Å². The highest BCUT2D eigenvalue weighted by Gasteiger charge is 2.19. The van der Waals surface area contributed by atoms with Crippen molar-refractivity contribution in [1.82, 2.24) is 4.98 Å². The first-order valence-electron chi connectivity index (χ1n) is 8.11. The van der Waals surface area contributed by atoms with E-state index in [1.165, 1.54) is 11.3 Å². The van der Waals surface area contributed by atoms with E-state index >= 15 is 0 Å². The highest BCUT2D eigenvalue weighted by molar-refractivity contribution is 7.14. The van der Waals surface area contributed by atoms with Crippen molar-refractivity contribution in [2.45, 2.75) is 19.8 Å². The minimum absolute atomic E-state index is 0.0506. The van der Waals surface area contributed by atoms with Crippen molar-refractivity contribution in [2.75, 3.05) is 39.4 Å². The summed E-state index contributed by atoms with van der Waals surface area (Å²) in [7, 11) is 4.90. The number of carbonyl (C=O) groups is 1. The van der Waals surface area contributed by atoms with Crippen LogP contribution >= 0.6 is 11.3 Å². The van der Waals surface area contributed by atoms with Gasteiger partial charge < -0.3 is 14.2 Å². The summed E-state index contributed by atoms with van der Waals surface area (Å²) in [5.41, 5.74) is 1.60. The highest BCUT2D eigenvalue weighted by Crippen LogP contribution is 2.36. The normalized spacial score (nSPS) is 10.6. The smallest absolute Gasteiger partial charge is 0.228 e. The van der Waals surface area contributed by atoms with E-state index in [1.54, 1.807) is 26.2 Å². The first-order valence-corrected chi connectivity index (χ1v) is 8.99. The molecule has 0 saturated carbocycles. The number of rotatable bonds is 9. The number of anilines is 1. The van der Waals surface area contributed by atoms with Crippen molar-refractivity contribution in [3.63, 3.8) is 0 Å². The second kappa shape index (κ2) is 9.39. The number of methoxy groups -OCH3 is 3. The fourth-order valence-electron chi connectivity index (χ4n) is 2.41. The quantitative estimate of drug-likeness (QED) is 0.636. The fraction of sp³-hybridized carbons (Fsp3) is 0.444. The van der Waals surface area contributed by atoms with Gasteiger partial charge in [0.05, 0.1) is 19.9 Å². The zero-order valence-electron chi connectivity index (χ0n) is 15.1. The Labute approximate surface area is 152 Å². The van der Waals surface area contributed by atoms with E-state index in [-0.39, 0.29) is 5.91 Å². The molecule has 0 radical (unpaired) electrons. The van der Waals surface area contributed by atoms with Crippen LogP contribution in [0.15, 0.2) is 23.6 Å². The molecule has 0 unspecified atom stereocenters. The van der Waals surface area contributed by atoms with E-state index in [0.29, 0.717) is 30.5 Å². The van der Waals surface area contributed by atoms with Gasteiger partial charge in [0.15, 0.2) is 5.13 Å². The molecule has 0 atom stereocenters. The number of ether oxygens (including phenoxy) is 3. The third-order valence-electron chi connectivity index (χ3n) is 3.74. The summed E-state index contributed by atoms with van der Waals surface area (Å²) in [6.07, 6.45) is 1.20. The van der Waals surface area contributed by atoms with E-state index < -0.39 is 0 Å². The van der Waals surface area contributed by atoms with Gasteiger partial charge >= 0.3 is 0 Å². The molecule has 2 rings (SSSR count). The lowest BCUT2D eigenvalue weighted by atomic mass is 10.1. The van der Waals surface area contributed by atoms with Crippen LogP contribution in [0.5, 0.6) is 11.5 Å². The Kier molecular flexibility index (Phi) is 7.21. The van der Waals surface area contributed by atoms with Gasteiger partial charge in [-0.2, -0.15) is 0 Å². The molecular formula is C18H24N2O4S. The van der Waals surface area contributed by atoms with E-state index in [2.05, 4.69) is 4.98 Å². The first kappa shape index (κ1) is 19.2. The lowest BCUT2D eigenvalue weighted by Crippen LogP contribution is -2.31. The molecule has 6 nitrogen and oxygen atoms in total. The summed E-state index contributed by atoms with van der Waals surface area (Å²) in [6.45, 7) is 3.05. The zero-order valence-corrected chi connectivity index (χ0v) is 15.9. The summed E-state index contributed by atoms with van der Waals surface area (Å²) in [5, 5.41) is 2.61. The third-order valence-corrected chi connectivity index (χ3v) is 4.60. The molecule has 0 aliphatic heterocycles. The molecule has 0 aliphatic carbocycles. The van der Waals surface area contributed by atoms with Gasteiger partial charge in [-0.15, -0.1) is 11.3 Å². The summed E-state index contributed by atoms with van der Waals surface area (Å²) in [6, 6.07) is 5.57. The predicted molar refractivity (Wildman–Crippen MR) is 99.8 cm³/mol. The molecule has 0 saturated heterocycles. The van der Waals surface area contributed by atoms with Crippen molar-refractivity contribution in [1.29, 1.82) is 0 Å². The fourth-order valence-corrected chi connectivity index (χ4v) is 3.28. The average Bonchev–Trinajstić information content (AvgIpc) is 3.13. The Bertz CT molecular complexity index is 702. The van der Waals surface area contributed by atoms with Gasteiger partial charge in [0.2, 0.25) is 5.91 Å². The van der Waals surface area contributed by atoms with Crippen LogP contribution in [0.1, 0.15) is 19.8 Å². The van der Waals surface area contributed by atoms with Crippen LogP contribution in [0.3, 0.4) is 0 Å². The van der Waals surface area contributed by atoms with Crippen molar-refractivity contribution in [2.24, 2.45) is 0 Å². The van der Waals surface area contributed by atoms with E-state index in [4.69, 9.17) is 14.2 Å². The summed E-state index contributed by atoms with van der Waals surface area (Å²) in [4.78, 5) is 18.7. The van der Waals surface area contributed by atoms with Crippen molar-refractivity contribution in [3.8, 4) is 22.8 Å². The standard InChI is InChI=1S/C18H24N2O4S/c1-5-17(21)20(9-6-10-22-2)18-19-15(12-25-18)14-11-13(23-3)7-8-16(14)24-4/h7-8,11-12H,5-6,9-10H2,1-4H3. The number of hydrogen-bond donors (Lipinski definition) is 0. The number of nitrogens with zero attached hydrogens (tertiary/aromatic N) is 2. The summed E-state index contributed by atoms with van der Waals surface area (Å²) < 4.78 is 15.8. The molecule has 0 aliphatic rings. The number of amides is 1. The van der Waals surface area contributed by atoms with Gasteiger partial charge in [-0.25, -0.2) is 4.98 Å². The number of thiazole rings is 1. The maximum atomic E-state index is 12.3. The Balaban J connectivity index is 2.32. The van der Waals surface area contributed by atoms with Crippen molar-refractivity contribution >= 4 is 22.4 Å². The van der Waals surface area contributed by atoms with Crippen LogP contribution in [0, 0.1) is 0 Å². The number of hydrogen-bond acceptors (Lipinski definition) is 6. The van der Waals surface area contributed by atoms with E-state index in [9.17, 15) is 4.79 Å². The van der Waals surface area contributed by atoms with E-state index in [0.717, 1.165) is 23.4 Å². The molecule has 7 heteroatoms. The molecule has 0 bridgehead atoms. The first-order chi connectivity index (χ1) is 12.1. The molecule has 0 N–H and O–H groups in total. The maximum Gasteiger partial charge on any atom is 0.228 e. The van der Waals surface area contributed by atoms with Gasteiger partial charge in [0.25, 0.3) is 0 Å². The zero-order chi connectivity index (χ0) is 18.2. The molecule has 0 spiro atoms. The van der Waals surface area contributed by atoms with Gasteiger partial charge in [-0.3, -0.25) is 9.69 Å². The summed E-state index contributed by atoms with van der Waals surface area (Å²) >= 11 is 1.44. The molecule has 1 aromatic heterocycles. The van der Waals surface area contributed by atoms with Crippen LogP contribution in [-0.2, 0) is 9.53 Å². The van der Waals surface area contributed by atoms with Gasteiger partial charge in [-0.05, 0) is 24.6 Å². The van der Waals surface area contributed by atoms with Crippen LogP contribution in [0.4, 0.5) is 5.13 Å². The van der Waals surface area contributed by atoms with Crippen LogP contribution < -0.4 is 14.4 Å². The molecule has 1 aromatic carbocycles. The van der Waals surface area contributed by atoms with Gasteiger partial charge in [0.1, 0.15) is 11.5 Å². The number of aromatic nitrogens is 1. The Morgan fingerprint density at radius 2 is 2.04 bits per heavy atom. The summed E-state index contributed by atoms with van der Waals surface area (Å²) in [5.74, 6) is 1.49. The van der Waals surface area contributed by atoms with Crippen LogP contribution in [0.2, 0.25) is 0 Å². The number of carbonyl (C=O) groups excluding carboxylic acids is 1. The van der Waals surface area contributed by atoms with Crippen molar-refractivity contribution in [3.05, 3.63) is 23.6 Å². The van der Waals surface area contributed by atoms with Crippen LogP contribution in [-0.4, -0.2) is 45.4 Å². The lowest BCUT2D eigenvalue weighted by molar-refractivity contribution is -0.118. The minimum Gasteiger partial charge on any atom is -0.497 e. The molecule has 2 aromatic rings. The molecule has 1 amide bonds. The minimum atomic E-state index is 0.0506. The molecule has 25 heavy (non-hydrogen) atoms. The molecule has 0 fully saturated rings. The lowest BCUT2D eigenvalue weighted by Gasteiger charge is -2.19. The number of benzene rings is 1. The van der Waals surface area contributed by atoms with E-state index in [1.807, 2.05) is 30.5 Å². The second-order valence-electron chi connectivity index (χ2n) is 5.33. The highest BCUT2D eigenvalue weighted by atomic mass is 32.1. The van der Waals surface area contributed by atoms with Crippen molar-refractivity contribution < 1.29 is 19.0 Å². The average molecular weight is 364 g/mol. The second-order valence-corrected chi connectivity index (χ2v) is 6.16. The molecule has 1 heterocycles. The predicted octanol–water partition coefficient (Wildman–Crippen LogP) is 3.61. The Hall–Kier alpha value is -2.12. The largest absolute Gasteiger partial charge is 0.497 e. The molecule has 136 valence electrons.